The van der Waals surface area contributed by atoms with E-state index in [0.29, 0.717) is 5.82 Å². The van der Waals surface area contributed by atoms with Crippen LogP contribution in [0.1, 0.15) is 70.7 Å². The minimum absolute atomic E-state index is 0.136. The molecule has 2 N–H and O–H groups in total. The molecule has 0 saturated heterocycles. The topological polar surface area (TPSA) is 49.8 Å². The average molecular weight is 437 g/mol. The van der Waals surface area contributed by atoms with Crippen molar-refractivity contribution in [3.8, 4) is 0 Å². The van der Waals surface area contributed by atoms with Gasteiger partial charge in [-0.05, 0) is 37.6 Å². The fraction of sp³-hybridized carbons (Fsp3) is 0.520. The highest BCUT2D eigenvalue weighted by atomic mass is 19.3. The molecule has 31 heavy (non-hydrogen) atoms. The molecular formula is C25H42F2N4. The van der Waals surface area contributed by atoms with Gasteiger partial charge in [-0.2, -0.15) is 0 Å². The Bertz CT molecular complexity index is 704. The molecule has 2 aromatic heterocycles. The maximum atomic E-state index is 13.1. The molecule has 0 radical (unpaired) electrons. The first kappa shape index (κ1) is 30.7. The molecule has 0 amide bonds. The van der Waals surface area contributed by atoms with E-state index >= 15 is 0 Å². The molecule has 0 unspecified atom stereocenters. The van der Waals surface area contributed by atoms with Crippen molar-refractivity contribution in [3.63, 3.8) is 0 Å². The van der Waals surface area contributed by atoms with Crippen LogP contribution in [0.3, 0.4) is 0 Å². The number of halogens is 2. The Balaban J connectivity index is 0. The first-order valence-corrected chi connectivity index (χ1v) is 11.0. The van der Waals surface area contributed by atoms with Crippen LogP contribution >= 0.6 is 0 Å². The van der Waals surface area contributed by atoms with E-state index in [-0.39, 0.29) is 19.4 Å². The van der Waals surface area contributed by atoms with Crippen molar-refractivity contribution in [2.45, 2.75) is 73.7 Å². The van der Waals surface area contributed by atoms with E-state index in [4.69, 9.17) is 0 Å². The van der Waals surface area contributed by atoms with Crippen LogP contribution in [-0.2, 0) is 0 Å². The third-order valence-electron chi connectivity index (χ3n) is 3.99. The molecule has 0 aromatic carbocycles. The number of hydrogen-bond donors (Lipinski definition) is 2. The molecule has 2 aromatic rings. The van der Waals surface area contributed by atoms with Gasteiger partial charge in [0, 0.05) is 55.8 Å². The van der Waals surface area contributed by atoms with Crippen LogP contribution in [0.5, 0.6) is 0 Å². The molecular weight excluding hydrogens is 394 g/mol. The minimum Gasteiger partial charge on any atom is -0.388 e. The summed E-state index contributed by atoms with van der Waals surface area (Å²) in [5.74, 6) is -1.99. The van der Waals surface area contributed by atoms with E-state index in [1.165, 1.54) is 13.3 Å². The molecule has 0 bridgehead atoms. The zero-order valence-electron chi connectivity index (χ0n) is 20.6. The van der Waals surface area contributed by atoms with Crippen LogP contribution in [0.4, 0.5) is 20.3 Å². The summed E-state index contributed by atoms with van der Waals surface area (Å²) < 4.78 is 26.2. The van der Waals surface area contributed by atoms with Crippen molar-refractivity contribution in [2.24, 2.45) is 0 Å². The number of aromatic nitrogens is 2. The van der Waals surface area contributed by atoms with Gasteiger partial charge in [0.1, 0.15) is 5.82 Å². The van der Waals surface area contributed by atoms with Gasteiger partial charge in [-0.3, -0.25) is 4.98 Å². The lowest BCUT2D eigenvalue weighted by Gasteiger charge is -2.16. The van der Waals surface area contributed by atoms with Crippen molar-refractivity contribution < 1.29 is 8.78 Å². The molecule has 0 spiro atoms. The molecule has 0 aliphatic heterocycles. The average Bonchev–Trinajstić information content (AvgIpc) is 2.79. The van der Waals surface area contributed by atoms with E-state index in [1.807, 2.05) is 52.9 Å². The minimum atomic E-state index is -2.61. The lowest BCUT2D eigenvalue weighted by atomic mass is 10.1. The Hall–Kier alpha value is -2.50. The lowest BCUT2D eigenvalue weighted by molar-refractivity contribution is -0.00781. The van der Waals surface area contributed by atoms with Crippen LogP contribution in [0.2, 0.25) is 0 Å². The van der Waals surface area contributed by atoms with E-state index in [9.17, 15) is 8.78 Å². The molecule has 176 valence electrons. The number of aryl methyl sites for hydroxylation is 2. The normalized spacial score (nSPS) is 9.61. The quantitative estimate of drug-likeness (QED) is 0.466. The summed E-state index contributed by atoms with van der Waals surface area (Å²) in [6.07, 6.45) is 6.12. The molecule has 0 aliphatic rings. The van der Waals surface area contributed by atoms with Gasteiger partial charge in [0.15, 0.2) is 0 Å². The van der Waals surface area contributed by atoms with Crippen molar-refractivity contribution in [2.75, 3.05) is 24.2 Å². The van der Waals surface area contributed by atoms with Gasteiger partial charge in [0.25, 0.3) is 0 Å². The highest BCUT2D eigenvalue weighted by Crippen LogP contribution is 2.23. The second-order valence-corrected chi connectivity index (χ2v) is 6.61. The molecule has 0 atom stereocenters. The second-order valence-electron chi connectivity index (χ2n) is 6.61. The Morgan fingerprint density at radius 3 is 2.06 bits per heavy atom. The highest BCUT2D eigenvalue weighted by Gasteiger charge is 2.25. The van der Waals surface area contributed by atoms with E-state index in [2.05, 4.69) is 41.0 Å². The molecule has 0 aliphatic carbocycles. The first-order valence-electron chi connectivity index (χ1n) is 11.0. The van der Waals surface area contributed by atoms with Crippen molar-refractivity contribution in [1.29, 1.82) is 0 Å². The molecule has 4 nitrogen and oxygen atoms in total. The van der Waals surface area contributed by atoms with Gasteiger partial charge >= 0.3 is 0 Å². The van der Waals surface area contributed by atoms with E-state index in [0.717, 1.165) is 22.5 Å². The van der Waals surface area contributed by atoms with Crippen LogP contribution in [0.25, 0.3) is 6.08 Å². The van der Waals surface area contributed by atoms with Crippen LogP contribution in [-0.4, -0.2) is 29.5 Å². The van der Waals surface area contributed by atoms with Gasteiger partial charge in [0.2, 0.25) is 5.92 Å². The lowest BCUT2D eigenvalue weighted by Crippen LogP contribution is -2.20. The first-order chi connectivity index (χ1) is 14.7. The molecule has 2 rings (SSSR count). The Labute approximate surface area is 188 Å². The fourth-order valence-corrected chi connectivity index (χ4v) is 2.08. The summed E-state index contributed by atoms with van der Waals surface area (Å²) >= 11 is 0. The summed E-state index contributed by atoms with van der Waals surface area (Å²) in [5, 5.41) is 5.95. The predicted molar refractivity (Wildman–Crippen MR) is 133 cm³/mol. The van der Waals surface area contributed by atoms with Gasteiger partial charge < -0.3 is 10.6 Å². The largest absolute Gasteiger partial charge is 0.388 e. The zero-order valence-corrected chi connectivity index (χ0v) is 20.6. The maximum absolute atomic E-state index is 13.1. The Kier molecular flexibility index (Phi) is 18.1. The number of anilines is 2. The van der Waals surface area contributed by atoms with Crippen LogP contribution in [0.15, 0.2) is 37.2 Å². The van der Waals surface area contributed by atoms with Gasteiger partial charge in [0.05, 0.1) is 0 Å². The standard InChI is InChI=1S/C14H20F2N2.C6H8N2.C3H8.C2H6/c1-5-12-9-10(3)11(4)18-13(12)17-8-7-14(15,16)6-2;1-7-6-2-4-8-5-3-6;1-3-2;1-2/h5,9H,1,6-8H2,2-4H3,(H,17,18);2-5H,1H3,(H,7,8);3H2,1-2H3;1-2H3. The fourth-order valence-electron chi connectivity index (χ4n) is 2.08. The number of rotatable bonds is 7. The van der Waals surface area contributed by atoms with Gasteiger partial charge in [-0.15, -0.1) is 0 Å². The van der Waals surface area contributed by atoms with Crippen LogP contribution < -0.4 is 10.6 Å². The predicted octanol–water partition coefficient (Wildman–Crippen LogP) is 7.75. The molecule has 0 fully saturated rings. The number of pyridine rings is 2. The molecule has 2 heterocycles. The highest BCUT2D eigenvalue weighted by molar-refractivity contribution is 5.63. The van der Waals surface area contributed by atoms with Gasteiger partial charge in [-0.1, -0.05) is 53.7 Å². The Morgan fingerprint density at radius 2 is 1.65 bits per heavy atom. The summed E-state index contributed by atoms with van der Waals surface area (Å²) in [7, 11) is 1.88. The summed E-state index contributed by atoms with van der Waals surface area (Å²) in [6.45, 7) is 17.5. The molecule has 0 saturated carbocycles. The summed E-state index contributed by atoms with van der Waals surface area (Å²) in [4.78, 5) is 8.21. The van der Waals surface area contributed by atoms with E-state index in [1.54, 1.807) is 18.5 Å². The number of nitrogens with zero attached hydrogens (tertiary/aromatic N) is 2. The summed E-state index contributed by atoms with van der Waals surface area (Å²) in [5.41, 5.74) is 3.90. The van der Waals surface area contributed by atoms with Crippen molar-refractivity contribution >= 4 is 17.6 Å². The smallest absolute Gasteiger partial charge is 0.249 e. The number of nitrogens with one attached hydrogen (secondary N) is 2. The van der Waals surface area contributed by atoms with Crippen molar-refractivity contribution in [3.05, 3.63) is 54.0 Å². The van der Waals surface area contributed by atoms with Crippen molar-refractivity contribution in [1.82, 2.24) is 9.97 Å². The monoisotopic (exact) mass is 436 g/mol. The van der Waals surface area contributed by atoms with Crippen LogP contribution in [0, 0.1) is 13.8 Å². The number of hydrogen-bond acceptors (Lipinski definition) is 4. The maximum Gasteiger partial charge on any atom is 0.249 e. The summed E-state index contributed by atoms with van der Waals surface area (Å²) in [6, 6.07) is 5.79. The molecule has 6 heteroatoms. The third-order valence-corrected chi connectivity index (χ3v) is 3.99. The third kappa shape index (κ3) is 14.2. The number of alkyl halides is 2. The van der Waals surface area contributed by atoms with E-state index < -0.39 is 5.92 Å². The second kappa shape index (κ2) is 18.3. The zero-order chi connectivity index (χ0) is 24.3. The SMILES string of the molecule is C=Cc1cc(C)c(C)nc1NCCC(F)(F)CC.CC.CCC.CNc1ccncc1. The van der Waals surface area contributed by atoms with Gasteiger partial charge in [-0.25, -0.2) is 13.8 Å². The Morgan fingerprint density at radius 1 is 1.10 bits per heavy atom.